The summed E-state index contributed by atoms with van der Waals surface area (Å²) < 4.78 is 4.38. The number of carbonyl (C=O) groups is 1. The molecular weight excluding hydrogens is 160 g/mol. The number of hydrogen-bond acceptors (Lipinski definition) is 4. The van der Waals surface area contributed by atoms with Gasteiger partial charge in [-0.15, -0.1) is 0 Å². The van der Waals surface area contributed by atoms with E-state index in [1.54, 1.807) is 0 Å². The quantitative estimate of drug-likeness (QED) is 0.470. The Kier molecular flexibility index (Phi) is 5.66. The fourth-order valence-corrected chi connectivity index (χ4v) is 0.762. The van der Waals surface area contributed by atoms with Gasteiger partial charge in [-0.25, -0.2) is 4.79 Å². The average Bonchev–Trinajstić information content (AvgIpc) is 1.98. The summed E-state index contributed by atoms with van der Waals surface area (Å²) in [7, 11) is 0. The zero-order valence-corrected chi connectivity index (χ0v) is 7.49. The van der Waals surface area contributed by atoms with Gasteiger partial charge in [0, 0.05) is 0 Å². The van der Waals surface area contributed by atoms with E-state index in [-0.39, 0.29) is 0 Å². The molecule has 0 unspecified atom stereocenters. The highest BCUT2D eigenvalue weighted by Crippen LogP contribution is 2.02. The Morgan fingerprint density at radius 3 is 2.50 bits per heavy atom. The first-order chi connectivity index (χ1) is 5.57. The van der Waals surface area contributed by atoms with Gasteiger partial charge in [-0.2, -0.15) is 0 Å². The summed E-state index contributed by atoms with van der Waals surface area (Å²) in [5.41, 5.74) is 0. The molecule has 0 saturated heterocycles. The first kappa shape index (κ1) is 11.4. The molecule has 0 spiro atoms. The summed E-state index contributed by atoms with van der Waals surface area (Å²) in [4.78, 5) is 10.8. The average molecular weight is 176 g/mol. The van der Waals surface area contributed by atoms with E-state index >= 15 is 0 Å². The maximum absolute atomic E-state index is 10.8. The highest BCUT2D eigenvalue weighted by molar-refractivity contribution is 5.74. The van der Waals surface area contributed by atoms with Crippen molar-refractivity contribution in [3.05, 3.63) is 0 Å². The zero-order chi connectivity index (χ0) is 9.56. The summed E-state index contributed by atoms with van der Waals surface area (Å²) >= 11 is 0. The first-order valence-electron chi connectivity index (χ1n) is 4.14. The molecule has 72 valence electrons. The Hall–Kier alpha value is -0.610. The van der Waals surface area contributed by atoms with Crippen molar-refractivity contribution in [2.75, 3.05) is 0 Å². The smallest absolute Gasteiger partial charge is 0.337 e. The van der Waals surface area contributed by atoms with Gasteiger partial charge in [0.15, 0.2) is 12.4 Å². The van der Waals surface area contributed by atoms with E-state index in [0.29, 0.717) is 6.42 Å². The number of rotatable bonds is 5. The largest absolute Gasteiger partial charge is 0.434 e. The van der Waals surface area contributed by atoms with Crippen molar-refractivity contribution in [3.8, 4) is 0 Å². The van der Waals surface area contributed by atoms with Crippen molar-refractivity contribution < 1.29 is 19.7 Å². The van der Waals surface area contributed by atoms with Crippen LogP contribution in [0.5, 0.6) is 0 Å². The third-order valence-corrected chi connectivity index (χ3v) is 1.39. The molecule has 0 aliphatic heterocycles. The molecule has 4 nitrogen and oxygen atoms in total. The van der Waals surface area contributed by atoms with Gasteiger partial charge in [0.2, 0.25) is 0 Å². The van der Waals surface area contributed by atoms with Crippen LogP contribution in [0, 0.1) is 0 Å². The van der Waals surface area contributed by atoms with E-state index in [1.807, 2.05) is 6.92 Å². The lowest BCUT2D eigenvalue weighted by Crippen LogP contribution is -2.26. The Labute approximate surface area is 72.2 Å². The molecule has 0 rings (SSSR count). The highest BCUT2D eigenvalue weighted by Gasteiger charge is 2.17. The SMILES string of the molecule is CCCC[C@@H](O)C(=O)O[C@H](C)O. The molecule has 0 radical (unpaired) electrons. The van der Waals surface area contributed by atoms with Gasteiger partial charge in [0.1, 0.15) is 0 Å². The number of aliphatic hydroxyl groups is 2. The monoisotopic (exact) mass is 176 g/mol. The van der Waals surface area contributed by atoms with E-state index in [0.717, 1.165) is 12.8 Å². The van der Waals surface area contributed by atoms with Crippen LogP contribution in [-0.2, 0) is 9.53 Å². The van der Waals surface area contributed by atoms with Crippen molar-refractivity contribution in [2.24, 2.45) is 0 Å². The van der Waals surface area contributed by atoms with Crippen LogP contribution in [0.4, 0.5) is 0 Å². The van der Waals surface area contributed by atoms with Gasteiger partial charge in [-0.1, -0.05) is 19.8 Å². The number of unbranched alkanes of at least 4 members (excludes halogenated alkanes) is 1. The van der Waals surface area contributed by atoms with E-state index in [4.69, 9.17) is 10.2 Å². The zero-order valence-electron chi connectivity index (χ0n) is 7.49. The fraction of sp³-hybridized carbons (Fsp3) is 0.875. The van der Waals surface area contributed by atoms with E-state index in [9.17, 15) is 4.79 Å². The number of aliphatic hydroxyl groups excluding tert-OH is 2. The molecule has 0 heterocycles. The maximum atomic E-state index is 10.8. The first-order valence-corrected chi connectivity index (χ1v) is 4.14. The van der Waals surface area contributed by atoms with Crippen molar-refractivity contribution >= 4 is 5.97 Å². The van der Waals surface area contributed by atoms with Crippen LogP contribution >= 0.6 is 0 Å². The molecule has 0 bridgehead atoms. The molecule has 0 aliphatic carbocycles. The van der Waals surface area contributed by atoms with Crippen LogP contribution in [0.2, 0.25) is 0 Å². The molecule has 0 aromatic heterocycles. The lowest BCUT2D eigenvalue weighted by atomic mass is 10.2. The molecular formula is C8H16O4. The molecule has 12 heavy (non-hydrogen) atoms. The van der Waals surface area contributed by atoms with Crippen LogP contribution in [0.25, 0.3) is 0 Å². The summed E-state index contributed by atoms with van der Waals surface area (Å²) in [5.74, 6) is -0.751. The maximum Gasteiger partial charge on any atom is 0.337 e. The minimum Gasteiger partial charge on any atom is -0.434 e. The topological polar surface area (TPSA) is 66.8 Å². The van der Waals surface area contributed by atoms with Gasteiger partial charge in [0.25, 0.3) is 0 Å². The molecule has 0 amide bonds. The normalized spacial score (nSPS) is 15.3. The Morgan fingerprint density at radius 1 is 1.50 bits per heavy atom. The molecule has 2 N–H and O–H groups in total. The molecule has 2 atom stereocenters. The van der Waals surface area contributed by atoms with Crippen molar-refractivity contribution in [3.63, 3.8) is 0 Å². The van der Waals surface area contributed by atoms with Crippen molar-refractivity contribution in [1.82, 2.24) is 0 Å². The summed E-state index contributed by atoms with van der Waals surface area (Å²) in [5, 5.41) is 17.8. The minimum atomic E-state index is -1.14. The lowest BCUT2D eigenvalue weighted by Gasteiger charge is -2.11. The predicted octanol–water partition coefficient (Wildman–Crippen LogP) is 0.419. The Bertz CT molecular complexity index is 133. The third-order valence-electron chi connectivity index (χ3n) is 1.39. The van der Waals surface area contributed by atoms with E-state index in [2.05, 4.69) is 4.74 Å². The van der Waals surface area contributed by atoms with Crippen LogP contribution in [-0.4, -0.2) is 28.6 Å². The van der Waals surface area contributed by atoms with E-state index < -0.39 is 18.4 Å². The number of carbonyl (C=O) groups excluding carboxylic acids is 1. The fourth-order valence-electron chi connectivity index (χ4n) is 0.762. The Balaban J connectivity index is 3.61. The standard InChI is InChI=1S/C8H16O4/c1-3-4-5-7(10)8(11)12-6(2)9/h6-7,9-10H,3-5H2,1-2H3/t6-,7-/m1/s1. The summed E-state index contributed by atoms with van der Waals surface area (Å²) in [6, 6.07) is 0. The van der Waals surface area contributed by atoms with E-state index in [1.165, 1.54) is 6.92 Å². The molecule has 4 heteroatoms. The van der Waals surface area contributed by atoms with Crippen LogP contribution in [0.1, 0.15) is 33.1 Å². The van der Waals surface area contributed by atoms with Gasteiger partial charge in [-0.3, -0.25) is 0 Å². The van der Waals surface area contributed by atoms with Gasteiger partial charge < -0.3 is 14.9 Å². The number of ether oxygens (including phenoxy) is 1. The van der Waals surface area contributed by atoms with Crippen molar-refractivity contribution in [2.45, 2.75) is 45.5 Å². The van der Waals surface area contributed by atoms with Gasteiger partial charge in [0.05, 0.1) is 0 Å². The second-order valence-corrected chi connectivity index (χ2v) is 2.69. The molecule has 0 fully saturated rings. The third kappa shape index (κ3) is 5.09. The number of hydrogen-bond donors (Lipinski definition) is 2. The lowest BCUT2D eigenvalue weighted by molar-refractivity contribution is -0.174. The van der Waals surface area contributed by atoms with Crippen LogP contribution in [0.15, 0.2) is 0 Å². The molecule has 0 aromatic rings. The molecule has 0 aliphatic rings. The minimum absolute atomic E-state index is 0.391. The highest BCUT2D eigenvalue weighted by atomic mass is 16.6. The second-order valence-electron chi connectivity index (χ2n) is 2.69. The second kappa shape index (κ2) is 5.97. The molecule has 0 saturated carbocycles. The molecule has 0 aromatic carbocycles. The van der Waals surface area contributed by atoms with Gasteiger partial charge in [-0.05, 0) is 13.3 Å². The van der Waals surface area contributed by atoms with Crippen molar-refractivity contribution in [1.29, 1.82) is 0 Å². The summed E-state index contributed by atoms with van der Waals surface area (Å²) in [6.45, 7) is 3.29. The summed E-state index contributed by atoms with van der Waals surface area (Å²) in [6.07, 6.45) is -0.162. The number of esters is 1. The Morgan fingerprint density at radius 2 is 2.08 bits per heavy atom. The van der Waals surface area contributed by atoms with Crippen LogP contribution < -0.4 is 0 Å². The van der Waals surface area contributed by atoms with Crippen LogP contribution in [0.3, 0.4) is 0 Å². The predicted molar refractivity (Wildman–Crippen MR) is 43.3 cm³/mol. The van der Waals surface area contributed by atoms with Gasteiger partial charge >= 0.3 is 5.97 Å².